The van der Waals surface area contributed by atoms with Crippen molar-refractivity contribution < 1.29 is 0 Å². The van der Waals surface area contributed by atoms with Gasteiger partial charge in [0.15, 0.2) is 0 Å². The lowest BCUT2D eigenvalue weighted by Crippen LogP contribution is -2.36. The summed E-state index contributed by atoms with van der Waals surface area (Å²) in [5.74, 6) is 0. The van der Waals surface area contributed by atoms with Crippen molar-refractivity contribution in [1.82, 2.24) is 0 Å². The number of hydrogen-bond donors (Lipinski definition) is 0. The van der Waals surface area contributed by atoms with Crippen molar-refractivity contribution in [3.05, 3.63) is 0 Å². The molecule has 80 valence electrons. The average Bonchev–Trinajstić information content (AvgIpc) is 2.19. The van der Waals surface area contributed by atoms with Gasteiger partial charge in [-0.15, -0.1) is 0 Å². The summed E-state index contributed by atoms with van der Waals surface area (Å²) < 4.78 is 0. The molecule has 13 heavy (non-hydrogen) atoms. The summed E-state index contributed by atoms with van der Waals surface area (Å²) in [5.41, 5.74) is 1.04. The molecule has 1 atom stereocenters. The topological polar surface area (TPSA) is 0 Å². The zero-order chi connectivity index (χ0) is 10.3. The van der Waals surface area contributed by atoms with E-state index in [-0.39, 0.29) is 0 Å². The molecule has 0 saturated heterocycles. The lowest BCUT2D eigenvalue weighted by molar-refractivity contribution is 0.777. The Morgan fingerprint density at radius 3 is 1.85 bits per heavy atom. The van der Waals surface area contributed by atoms with Crippen LogP contribution in [0.4, 0.5) is 0 Å². The second-order valence-electron chi connectivity index (χ2n) is 4.48. The van der Waals surface area contributed by atoms with E-state index in [0.717, 1.165) is 5.54 Å². The minimum atomic E-state index is -0.868. The quantitative estimate of drug-likeness (QED) is 0.503. The molecule has 0 fully saturated rings. The molecule has 0 N–H and O–H groups in total. The predicted molar refractivity (Wildman–Crippen MR) is 66.1 cm³/mol. The molecule has 0 aromatic carbocycles. The van der Waals surface area contributed by atoms with Gasteiger partial charge in [-0.05, 0) is 5.54 Å². The Hall–Kier alpha value is 0.217. The summed E-state index contributed by atoms with van der Waals surface area (Å²) in [6.07, 6.45) is 4.25. The van der Waals surface area contributed by atoms with Crippen molar-refractivity contribution in [3.8, 4) is 0 Å². The van der Waals surface area contributed by atoms with Crippen LogP contribution in [-0.4, -0.2) is 8.07 Å². The normalized spacial score (nSPS) is 14.5. The summed E-state index contributed by atoms with van der Waals surface area (Å²) in [7, 11) is -0.868. The van der Waals surface area contributed by atoms with Crippen LogP contribution >= 0.6 is 0 Å². The van der Waals surface area contributed by atoms with Gasteiger partial charge >= 0.3 is 0 Å². The van der Waals surface area contributed by atoms with Crippen molar-refractivity contribution in [2.75, 3.05) is 0 Å². The Morgan fingerprint density at radius 1 is 1.00 bits per heavy atom. The van der Waals surface area contributed by atoms with Crippen molar-refractivity contribution in [3.63, 3.8) is 0 Å². The van der Waals surface area contributed by atoms with E-state index in [2.05, 4.69) is 34.6 Å². The molecular formula is C12H28Si. The van der Waals surface area contributed by atoms with Crippen molar-refractivity contribution in [2.24, 2.45) is 0 Å². The first-order valence-electron chi connectivity index (χ1n) is 6.16. The highest BCUT2D eigenvalue weighted by Gasteiger charge is 2.32. The van der Waals surface area contributed by atoms with Crippen LogP contribution < -0.4 is 0 Å². The standard InChI is InChI=1S/C12H28Si/c1-6-10-11-13(8-3,9-4)12(5)7-2/h12H,6-11H2,1-5H3. The van der Waals surface area contributed by atoms with E-state index < -0.39 is 8.07 Å². The van der Waals surface area contributed by atoms with Crippen LogP contribution in [0.3, 0.4) is 0 Å². The summed E-state index contributed by atoms with van der Waals surface area (Å²) in [4.78, 5) is 0. The Morgan fingerprint density at radius 2 is 1.54 bits per heavy atom. The van der Waals surface area contributed by atoms with Gasteiger partial charge in [-0.3, -0.25) is 0 Å². The lowest BCUT2D eigenvalue weighted by Gasteiger charge is -2.35. The summed E-state index contributed by atoms with van der Waals surface area (Å²) in [6.45, 7) is 12.0. The van der Waals surface area contributed by atoms with Crippen LogP contribution in [0, 0.1) is 0 Å². The van der Waals surface area contributed by atoms with Gasteiger partial charge in [0, 0.05) is 0 Å². The fraction of sp³-hybridized carbons (Fsp3) is 1.00. The van der Waals surface area contributed by atoms with Crippen LogP contribution in [0.25, 0.3) is 0 Å². The lowest BCUT2D eigenvalue weighted by atomic mass is 10.4. The van der Waals surface area contributed by atoms with E-state index in [4.69, 9.17) is 0 Å². The van der Waals surface area contributed by atoms with Crippen molar-refractivity contribution >= 4 is 8.07 Å². The highest BCUT2D eigenvalue weighted by Crippen LogP contribution is 2.36. The van der Waals surface area contributed by atoms with Gasteiger partial charge in [-0.2, -0.15) is 0 Å². The van der Waals surface area contributed by atoms with E-state index in [1.165, 1.54) is 31.4 Å². The molecule has 0 radical (unpaired) electrons. The first-order valence-corrected chi connectivity index (χ1v) is 8.86. The average molecular weight is 200 g/mol. The molecule has 0 amide bonds. The fourth-order valence-corrected chi connectivity index (χ4v) is 7.53. The van der Waals surface area contributed by atoms with Gasteiger partial charge in [0.25, 0.3) is 0 Å². The van der Waals surface area contributed by atoms with Crippen LogP contribution in [-0.2, 0) is 0 Å². The highest BCUT2D eigenvalue weighted by atomic mass is 28.3. The van der Waals surface area contributed by atoms with Gasteiger partial charge in [0.1, 0.15) is 0 Å². The van der Waals surface area contributed by atoms with Gasteiger partial charge in [-0.1, -0.05) is 72.0 Å². The third-order valence-electron chi connectivity index (χ3n) is 4.09. The second kappa shape index (κ2) is 6.64. The molecule has 0 aromatic heterocycles. The van der Waals surface area contributed by atoms with E-state index in [0.29, 0.717) is 0 Å². The van der Waals surface area contributed by atoms with E-state index >= 15 is 0 Å². The molecule has 0 aromatic rings. The molecule has 1 unspecified atom stereocenters. The minimum absolute atomic E-state index is 0.868. The van der Waals surface area contributed by atoms with Crippen LogP contribution in [0.1, 0.15) is 53.9 Å². The van der Waals surface area contributed by atoms with E-state index in [1.54, 1.807) is 6.04 Å². The second-order valence-corrected chi connectivity index (χ2v) is 10.1. The Labute approximate surface area is 86.1 Å². The van der Waals surface area contributed by atoms with Gasteiger partial charge < -0.3 is 0 Å². The first-order chi connectivity index (χ1) is 6.16. The smallest absolute Gasteiger partial charge is 0.0558 e. The third kappa shape index (κ3) is 3.45. The molecule has 0 aliphatic heterocycles. The molecule has 1 heteroatoms. The monoisotopic (exact) mass is 200 g/mol. The molecule has 0 spiro atoms. The maximum Gasteiger partial charge on any atom is 0.0558 e. The molecule has 0 aliphatic carbocycles. The molecular weight excluding hydrogens is 172 g/mol. The maximum atomic E-state index is 2.49. The Bertz CT molecular complexity index is 116. The highest BCUT2D eigenvalue weighted by molar-refractivity contribution is 6.81. The van der Waals surface area contributed by atoms with Crippen molar-refractivity contribution in [1.29, 1.82) is 0 Å². The molecule has 0 saturated carbocycles. The van der Waals surface area contributed by atoms with Crippen LogP contribution in [0.5, 0.6) is 0 Å². The Balaban J connectivity index is 4.29. The fourth-order valence-electron chi connectivity index (χ4n) is 2.51. The first kappa shape index (κ1) is 13.2. The SMILES string of the molecule is CCCC[Si](CC)(CC)C(C)CC. The largest absolute Gasteiger partial charge is 0.0678 e. The van der Waals surface area contributed by atoms with Crippen LogP contribution in [0.15, 0.2) is 0 Å². The zero-order valence-corrected chi connectivity index (χ0v) is 11.3. The van der Waals surface area contributed by atoms with Gasteiger partial charge in [0.2, 0.25) is 0 Å². The summed E-state index contributed by atoms with van der Waals surface area (Å²) >= 11 is 0. The third-order valence-corrected chi connectivity index (χ3v) is 10.8. The Kier molecular flexibility index (Phi) is 6.75. The number of hydrogen-bond acceptors (Lipinski definition) is 0. The van der Waals surface area contributed by atoms with Gasteiger partial charge in [0.05, 0.1) is 8.07 Å². The molecule has 0 nitrogen and oxygen atoms in total. The number of unbranched alkanes of at least 4 members (excludes halogenated alkanes) is 1. The van der Waals surface area contributed by atoms with Gasteiger partial charge in [-0.25, -0.2) is 0 Å². The van der Waals surface area contributed by atoms with Crippen LogP contribution in [0.2, 0.25) is 23.7 Å². The number of rotatable bonds is 7. The maximum absolute atomic E-state index is 2.49. The minimum Gasteiger partial charge on any atom is -0.0678 e. The molecule has 0 aliphatic rings. The summed E-state index contributed by atoms with van der Waals surface area (Å²) in [5, 5.41) is 0. The zero-order valence-electron chi connectivity index (χ0n) is 10.3. The van der Waals surface area contributed by atoms with Crippen molar-refractivity contribution in [2.45, 2.75) is 77.6 Å². The predicted octanol–water partition coefficient (Wildman–Crippen LogP) is 5.08. The van der Waals surface area contributed by atoms with E-state index in [1.807, 2.05) is 0 Å². The molecule has 0 bridgehead atoms. The van der Waals surface area contributed by atoms with E-state index in [9.17, 15) is 0 Å². The molecule has 0 heterocycles. The molecule has 0 rings (SSSR count). The summed E-state index contributed by atoms with van der Waals surface area (Å²) in [6, 6.07) is 4.57.